The first-order valence-corrected chi connectivity index (χ1v) is 6.52. The van der Waals surface area contributed by atoms with Gasteiger partial charge in [0, 0.05) is 11.1 Å². The Morgan fingerprint density at radius 2 is 1.85 bits per heavy atom. The van der Waals surface area contributed by atoms with E-state index in [-0.39, 0.29) is 5.02 Å². The van der Waals surface area contributed by atoms with Crippen LogP contribution in [0.3, 0.4) is 0 Å². The first-order valence-electron chi connectivity index (χ1n) is 5.76. The Bertz CT molecular complexity index is 792. The molecule has 0 spiro atoms. The van der Waals surface area contributed by atoms with E-state index in [9.17, 15) is 4.39 Å². The molecule has 0 aliphatic carbocycles. The molecule has 0 amide bonds. The third-order valence-electron chi connectivity index (χ3n) is 2.80. The molecule has 0 saturated heterocycles. The summed E-state index contributed by atoms with van der Waals surface area (Å²) in [4.78, 5) is 8.32. The smallest absolute Gasteiger partial charge is 0.141 e. The summed E-state index contributed by atoms with van der Waals surface area (Å²) in [5.41, 5.74) is 1.29. The minimum Gasteiger partial charge on any atom is -0.340 e. The van der Waals surface area contributed by atoms with Crippen molar-refractivity contribution in [3.63, 3.8) is 0 Å². The number of rotatable bonds is 2. The molecule has 1 aromatic heterocycles. The molecular formula is C14H8Cl2FN3. The van der Waals surface area contributed by atoms with Gasteiger partial charge < -0.3 is 5.32 Å². The lowest BCUT2D eigenvalue weighted by Gasteiger charge is -2.09. The number of fused-ring (bicyclic) bond motifs is 1. The van der Waals surface area contributed by atoms with Gasteiger partial charge in [0.25, 0.3) is 0 Å². The first kappa shape index (κ1) is 13.1. The monoisotopic (exact) mass is 307 g/mol. The van der Waals surface area contributed by atoms with Crippen LogP contribution >= 0.6 is 23.2 Å². The van der Waals surface area contributed by atoms with Gasteiger partial charge >= 0.3 is 0 Å². The van der Waals surface area contributed by atoms with Gasteiger partial charge in [-0.25, -0.2) is 14.4 Å². The number of aromatic nitrogens is 2. The zero-order chi connectivity index (χ0) is 14.1. The summed E-state index contributed by atoms with van der Waals surface area (Å²) in [5, 5.41) is 4.45. The van der Waals surface area contributed by atoms with E-state index < -0.39 is 5.82 Å². The van der Waals surface area contributed by atoms with Crippen LogP contribution in [0.25, 0.3) is 10.9 Å². The van der Waals surface area contributed by atoms with Gasteiger partial charge in [-0.2, -0.15) is 0 Å². The van der Waals surface area contributed by atoms with Gasteiger partial charge in [-0.3, -0.25) is 0 Å². The van der Waals surface area contributed by atoms with E-state index in [1.54, 1.807) is 12.1 Å². The van der Waals surface area contributed by atoms with E-state index in [0.717, 1.165) is 5.39 Å². The van der Waals surface area contributed by atoms with Crippen LogP contribution in [0, 0.1) is 5.82 Å². The Labute approximate surface area is 124 Å². The third-order valence-corrected chi connectivity index (χ3v) is 3.39. The summed E-state index contributed by atoms with van der Waals surface area (Å²) < 4.78 is 13.1. The van der Waals surface area contributed by atoms with E-state index in [1.165, 1.54) is 18.5 Å². The van der Waals surface area contributed by atoms with E-state index in [1.807, 2.05) is 12.1 Å². The van der Waals surface area contributed by atoms with Crippen LogP contribution < -0.4 is 5.32 Å². The van der Waals surface area contributed by atoms with Crippen LogP contribution in [0.4, 0.5) is 15.9 Å². The minimum atomic E-state index is -0.465. The molecule has 1 N–H and O–H groups in total. The lowest BCUT2D eigenvalue weighted by molar-refractivity contribution is 0.628. The fourth-order valence-corrected chi connectivity index (χ4v) is 2.27. The maximum atomic E-state index is 13.1. The second kappa shape index (κ2) is 5.23. The zero-order valence-corrected chi connectivity index (χ0v) is 11.6. The molecule has 0 aliphatic heterocycles. The summed E-state index contributed by atoms with van der Waals surface area (Å²) in [7, 11) is 0. The molecule has 2 aromatic carbocycles. The fraction of sp³-hybridized carbons (Fsp3) is 0. The number of benzene rings is 2. The fourth-order valence-electron chi connectivity index (χ4n) is 1.86. The van der Waals surface area contributed by atoms with Crippen LogP contribution in [-0.2, 0) is 0 Å². The zero-order valence-electron chi connectivity index (χ0n) is 10.1. The van der Waals surface area contributed by atoms with E-state index in [4.69, 9.17) is 23.2 Å². The van der Waals surface area contributed by atoms with Crippen LogP contribution in [-0.4, -0.2) is 9.97 Å². The van der Waals surface area contributed by atoms with Gasteiger partial charge in [0.15, 0.2) is 0 Å². The standard InChI is InChI=1S/C14H8Cl2FN3/c15-10-3-1-2-9-13(10)18-7-19-14(9)20-8-4-5-12(17)11(16)6-8/h1-7H,(H,18,19,20). The summed E-state index contributed by atoms with van der Waals surface area (Å²) in [6.45, 7) is 0. The van der Waals surface area contributed by atoms with Gasteiger partial charge in [0.1, 0.15) is 18.0 Å². The third kappa shape index (κ3) is 2.40. The molecule has 0 bridgehead atoms. The van der Waals surface area contributed by atoms with Crippen molar-refractivity contribution in [1.29, 1.82) is 0 Å². The van der Waals surface area contributed by atoms with Gasteiger partial charge in [-0.05, 0) is 30.3 Å². The highest BCUT2D eigenvalue weighted by molar-refractivity contribution is 6.35. The molecule has 20 heavy (non-hydrogen) atoms. The van der Waals surface area contributed by atoms with Crippen molar-refractivity contribution in [1.82, 2.24) is 9.97 Å². The molecule has 3 aromatic rings. The number of halogens is 3. The molecule has 0 aliphatic rings. The maximum absolute atomic E-state index is 13.1. The Hall–Kier alpha value is -1.91. The van der Waals surface area contributed by atoms with Crippen LogP contribution in [0.5, 0.6) is 0 Å². The van der Waals surface area contributed by atoms with Gasteiger partial charge in [-0.1, -0.05) is 29.3 Å². The molecule has 3 rings (SSSR count). The quantitative estimate of drug-likeness (QED) is 0.737. The average Bonchev–Trinajstić information content (AvgIpc) is 2.44. The molecule has 6 heteroatoms. The molecule has 1 heterocycles. The number of nitrogens with one attached hydrogen (secondary N) is 1. The van der Waals surface area contributed by atoms with Gasteiger partial charge in [0.2, 0.25) is 0 Å². The first-order chi connectivity index (χ1) is 9.65. The van der Waals surface area contributed by atoms with E-state index in [0.29, 0.717) is 22.0 Å². The number of hydrogen-bond acceptors (Lipinski definition) is 3. The Balaban J connectivity index is 2.06. The van der Waals surface area contributed by atoms with Crippen molar-refractivity contribution in [3.05, 3.63) is 58.6 Å². The highest BCUT2D eigenvalue weighted by Crippen LogP contribution is 2.28. The molecule has 3 nitrogen and oxygen atoms in total. The number of hydrogen-bond donors (Lipinski definition) is 1. The second-order valence-electron chi connectivity index (χ2n) is 4.11. The highest BCUT2D eigenvalue weighted by atomic mass is 35.5. The predicted octanol–water partition coefficient (Wildman–Crippen LogP) is 4.82. The van der Waals surface area contributed by atoms with Crippen molar-refractivity contribution in [2.75, 3.05) is 5.32 Å². The lowest BCUT2D eigenvalue weighted by atomic mass is 10.2. The number of nitrogens with zero attached hydrogens (tertiary/aromatic N) is 2. The van der Waals surface area contributed by atoms with Crippen molar-refractivity contribution < 1.29 is 4.39 Å². The van der Waals surface area contributed by atoms with E-state index in [2.05, 4.69) is 15.3 Å². The lowest BCUT2D eigenvalue weighted by Crippen LogP contribution is -1.96. The summed E-state index contributed by atoms with van der Waals surface area (Å²) in [6.07, 6.45) is 1.42. The van der Waals surface area contributed by atoms with Crippen LogP contribution in [0.2, 0.25) is 10.0 Å². The molecule has 0 atom stereocenters. The van der Waals surface area contributed by atoms with E-state index >= 15 is 0 Å². The predicted molar refractivity (Wildman–Crippen MR) is 79.2 cm³/mol. The highest BCUT2D eigenvalue weighted by Gasteiger charge is 2.07. The molecule has 0 unspecified atom stereocenters. The maximum Gasteiger partial charge on any atom is 0.141 e. The second-order valence-corrected chi connectivity index (χ2v) is 4.93. The van der Waals surface area contributed by atoms with Gasteiger partial charge in [-0.15, -0.1) is 0 Å². The Kier molecular flexibility index (Phi) is 3.42. The summed E-state index contributed by atoms with van der Waals surface area (Å²) in [5.74, 6) is 0.119. The Morgan fingerprint density at radius 1 is 1.00 bits per heavy atom. The summed E-state index contributed by atoms with van der Waals surface area (Å²) in [6, 6.07) is 9.80. The Morgan fingerprint density at radius 3 is 2.65 bits per heavy atom. The van der Waals surface area contributed by atoms with Crippen LogP contribution in [0.15, 0.2) is 42.7 Å². The number of para-hydroxylation sites is 1. The number of anilines is 2. The minimum absolute atomic E-state index is 0.0476. The van der Waals surface area contributed by atoms with Gasteiger partial charge in [0.05, 0.1) is 15.6 Å². The van der Waals surface area contributed by atoms with Crippen molar-refractivity contribution in [2.45, 2.75) is 0 Å². The van der Waals surface area contributed by atoms with Crippen molar-refractivity contribution in [2.24, 2.45) is 0 Å². The molecule has 0 radical (unpaired) electrons. The largest absolute Gasteiger partial charge is 0.340 e. The van der Waals surface area contributed by atoms with Crippen molar-refractivity contribution >= 4 is 45.6 Å². The topological polar surface area (TPSA) is 37.8 Å². The molecule has 0 fully saturated rings. The van der Waals surface area contributed by atoms with Crippen molar-refractivity contribution in [3.8, 4) is 0 Å². The molecule has 100 valence electrons. The molecular weight excluding hydrogens is 300 g/mol. The van der Waals surface area contributed by atoms with Crippen LogP contribution in [0.1, 0.15) is 0 Å². The SMILES string of the molecule is Fc1ccc(Nc2ncnc3c(Cl)cccc23)cc1Cl. The normalized spacial score (nSPS) is 10.8. The average molecular weight is 308 g/mol. The molecule has 0 saturated carbocycles. The summed E-state index contributed by atoms with van der Waals surface area (Å²) >= 11 is 11.8.